The summed E-state index contributed by atoms with van der Waals surface area (Å²) in [6.45, 7) is 3.41. The Morgan fingerprint density at radius 1 is 1.28 bits per heavy atom. The van der Waals surface area contributed by atoms with Gasteiger partial charge in [-0.15, -0.1) is 0 Å². The van der Waals surface area contributed by atoms with Gasteiger partial charge in [-0.1, -0.05) is 0 Å². The van der Waals surface area contributed by atoms with Crippen LogP contribution in [-0.4, -0.2) is 96.4 Å². The van der Waals surface area contributed by atoms with Crippen LogP contribution in [-0.2, 0) is 4.79 Å². The molecule has 0 saturated carbocycles. The van der Waals surface area contributed by atoms with Crippen LogP contribution in [0.5, 0.6) is 0 Å². The van der Waals surface area contributed by atoms with Crippen LogP contribution in [0.25, 0.3) is 0 Å². The lowest BCUT2D eigenvalue weighted by atomic mass is 10.2. The lowest BCUT2D eigenvalue weighted by molar-refractivity contribution is -0.118. The number of carbonyl (C=O) groups is 2. The number of rotatable bonds is 4. The first-order chi connectivity index (χ1) is 12.0. The summed E-state index contributed by atoms with van der Waals surface area (Å²) in [5, 5.41) is 0. The Hall–Kier alpha value is -2.29. The first kappa shape index (κ1) is 17.5. The topological polar surface area (TPSA) is 72.9 Å². The highest BCUT2D eigenvalue weighted by Crippen LogP contribution is 2.19. The van der Waals surface area contributed by atoms with Gasteiger partial charge in [0.1, 0.15) is 0 Å². The van der Waals surface area contributed by atoms with Crippen molar-refractivity contribution in [3.63, 3.8) is 0 Å². The van der Waals surface area contributed by atoms with Crippen LogP contribution in [0.4, 0.5) is 10.3 Å². The lowest BCUT2D eigenvalue weighted by Crippen LogP contribution is -2.46. The van der Waals surface area contributed by atoms with Gasteiger partial charge in [0.15, 0.2) is 11.5 Å². The number of piperazine rings is 1. The van der Waals surface area contributed by atoms with Gasteiger partial charge in [0, 0.05) is 45.3 Å². The van der Waals surface area contributed by atoms with Crippen molar-refractivity contribution in [2.75, 3.05) is 58.3 Å². The van der Waals surface area contributed by atoms with E-state index in [1.165, 1.54) is 0 Å². The molecule has 8 nitrogen and oxygen atoms in total. The Morgan fingerprint density at radius 2 is 2.00 bits per heavy atom. The van der Waals surface area contributed by atoms with Gasteiger partial charge in [-0.3, -0.25) is 9.59 Å². The molecule has 2 fully saturated rings. The maximum atomic E-state index is 14.2. The van der Waals surface area contributed by atoms with Crippen molar-refractivity contribution in [2.24, 2.45) is 0 Å². The summed E-state index contributed by atoms with van der Waals surface area (Å²) in [6, 6.07) is 0.282. The molecule has 25 heavy (non-hydrogen) atoms. The third kappa shape index (κ3) is 3.71. The Labute approximate surface area is 146 Å². The first-order valence-corrected chi connectivity index (χ1v) is 8.42. The fourth-order valence-electron chi connectivity index (χ4n) is 3.19. The summed E-state index contributed by atoms with van der Waals surface area (Å²) < 4.78 is 14.2. The van der Waals surface area contributed by atoms with Gasteiger partial charge in [0.2, 0.25) is 12.4 Å². The van der Waals surface area contributed by atoms with Crippen LogP contribution in [0.15, 0.2) is 6.20 Å². The number of nitrogens with zero attached hydrogens (tertiary/aromatic N) is 6. The van der Waals surface area contributed by atoms with Crippen molar-refractivity contribution >= 4 is 18.3 Å². The second kappa shape index (κ2) is 7.30. The number of hydrogen-bond acceptors (Lipinski definition) is 6. The van der Waals surface area contributed by atoms with Crippen LogP contribution in [0.2, 0.25) is 0 Å². The van der Waals surface area contributed by atoms with Gasteiger partial charge in [-0.25, -0.2) is 14.4 Å². The molecule has 1 atom stereocenters. The van der Waals surface area contributed by atoms with Crippen molar-refractivity contribution < 1.29 is 14.0 Å². The molecule has 3 heterocycles. The third-order valence-electron chi connectivity index (χ3n) is 4.86. The van der Waals surface area contributed by atoms with Crippen molar-refractivity contribution in [2.45, 2.75) is 12.5 Å². The smallest absolute Gasteiger partial charge is 0.275 e. The minimum atomic E-state index is -0.700. The van der Waals surface area contributed by atoms with Crippen LogP contribution in [0.3, 0.4) is 0 Å². The van der Waals surface area contributed by atoms with E-state index in [2.05, 4.69) is 14.9 Å². The summed E-state index contributed by atoms with van der Waals surface area (Å²) in [6.07, 6.45) is 2.74. The number of likely N-dealkylation sites (tertiary alicyclic amines) is 1. The molecule has 1 aromatic rings. The molecular weight excluding hydrogens is 327 g/mol. The minimum absolute atomic E-state index is 0.178. The van der Waals surface area contributed by atoms with E-state index in [-0.39, 0.29) is 11.7 Å². The number of aromatic nitrogens is 2. The zero-order chi connectivity index (χ0) is 18.0. The van der Waals surface area contributed by atoms with Crippen LogP contribution < -0.4 is 4.90 Å². The van der Waals surface area contributed by atoms with E-state index < -0.39 is 11.7 Å². The van der Waals surface area contributed by atoms with Gasteiger partial charge in [-0.2, -0.15) is 0 Å². The fourth-order valence-corrected chi connectivity index (χ4v) is 3.19. The average molecular weight is 350 g/mol. The molecule has 9 heteroatoms. The maximum Gasteiger partial charge on any atom is 0.275 e. The molecule has 2 saturated heterocycles. The normalized spacial score (nSPS) is 21.1. The van der Waals surface area contributed by atoms with Crippen LogP contribution in [0.1, 0.15) is 16.9 Å². The highest BCUT2D eigenvalue weighted by atomic mass is 19.1. The fraction of sp³-hybridized carbons (Fsp3) is 0.625. The third-order valence-corrected chi connectivity index (χ3v) is 4.86. The van der Waals surface area contributed by atoms with Gasteiger partial charge in [-0.05, 0) is 20.5 Å². The number of likely N-dealkylation sites (N-methyl/N-ethyl adjacent to an activating group) is 1. The predicted molar refractivity (Wildman–Crippen MR) is 89.8 cm³/mol. The van der Waals surface area contributed by atoms with Crippen molar-refractivity contribution in [1.82, 2.24) is 24.7 Å². The summed E-state index contributed by atoms with van der Waals surface area (Å²) in [5.74, 6) is -0.760. The summed E-state index contributed by atoms with van der Waals surface area (Å²) >= 11 is 0. The predicted octanol–water partition coefficient (Wildman–Crippen LogP) is -0.330. The molecular formula is C16H23FN6O2. The quantitative estimate of drug-likeness (QED) is 0.693. The number of halogens is 1. The molecule has 136 valence electrons. The Kier molecular flexibility index (Phi) is 5.12. The number of anilines is 1. The minimum Gasteiger partial charge on any atom is -0.342 e. The Balaban J connectivity index is 1.74. The van der Waals surface area contributed by atoms with E-state index in [0.717, 1.165) is 19.0 Å². The van der Waals surface area contributed by atoms with Gasteiger partial charge >= 0.3 is 0 Å². The summed E-state index contributed by atoms with van der Waals surface area (Å²) in [4.78, 5) is 38.9. The molecule has 0 radical (unpaired) electrons. The molecule has 0 aliphatic carbocycles. The van der Waals surface area contributed by atoms with Gasteiger partial charge < -0.3 is 19.6 Å². The van der Waals surface area contributed by atoms with Gasteiger partial charge in [0.05, 0.1) is 6.20 Å². The van der Waals surface area contributed by atoms with E-state index in [4.69, 9.17) is 0 Å². The van der Waals surface area contributed by atoms with Crippen molar-refractivity contribution in [3.8, 4) is 0 Å². The maximum absolute atomic E-state index is 14.2. The summed E-state index contributed by atoms with van der Waals surface area (Å²) in [5.41, 5.74) is -0.178. The first-order valence-electron chi connectivity index (χ1n) is 8.42. The molecule has 1 unspecified atom stereocenters. The van der Waals surface area contributed by atoms with Crippen LogP contribution >= 0.6 is 0 Å². The molecule has 3 rings (SSSR count). The van der Waals surface area contributed by atoms with Crippen LogP contribution in [0, 0.1) is 5.82 Å². The standard InChI is InChI=1S/C16H23FN6O2/c1-20(2)12-3-4-23(10-12)15(25)14-13(17)9-18-16(19-14)22-7-5-21(11-24)6-8-22/h9,11-12H,3-8,10H2,1-2H3. The molecule has 0 N–H and O–H groups in total. The number of amides is 2. The van der Waals surface area contributed by atoms with E-state index in [9.17, 15) is 14.0 Å². The van der Waals surface area contributed by atoms with Gasteiger partial charge in [0.25, 0.3) is 5.91 Å². The Morgan fingerprint density at radius 3 is 2.60 bits per heavy atom. The monoisotopic (exact) mass is 350 g/mol. The van der Waals surface area contributed by atoms with E-state index in [0.29, 0.717) is 45.2 Å². The zero-order valence-corrected chi connectivity index (χ0v) is 14.6. The highest BCUT2D eigenvalue weighted by molar-refractivity contribution is 5.93. The lowest BCUT2D eigenvalue weighted by Gasteiger charge is -2.32. The second-order valence-corrected chi connectivity index (χ2v) is 6.65. The highest BCUT2D eigenvalue weighted by Gasteiger charge is 2.31. The molecule has 0 bridgehead atoms. The average Bonchev–Trinajstić information content (AvgIpc) is 3.12. The molecule has 0 aromatic carbocycles. The Bertz CT molecular complexity index is 648. The summed E-state index contributed by atoms with van der Waals surface area (Å²) in [7, 11) is 3.95. The zero-order valence-electron chi connectivity index (χ0n) is 14.6. The SMILES string of the molecule is CN(C)C1CCN(C(=O)c2nc(N3CCN(C=O)CC3)ncc2F)C1. The molecule has 2 aliphatic heterocycles. The largest absolute Gasteiger partial charge is 0.342 e. The molecule has 2 aliphatic rings. The molecule has 2 amide bonds. The number of hydrogen-bond donors (Lipinski definition) is 0. The number of carbonyl (C=O) groups excluding carboxylic acids is 2. The van der Waals surface area contributed by atoms with Crippen molar-refractivity contribution in [3.05, 3.63) is 17.7 Å². The van der Waals surface area contributed by atoms with E-state index in [1.54, 1.807) is 9.80 Å². The second-order valence-electron chi connectivity index (χ2n) is 6.65. The van der Waals surface area contributed by atoms with E-state index >= 15 is 0 Å². The van der Waals surface area contributed by atoms with E-state index in [1.807, 2.05) is 19.0 Å². The van der Waals surface area contributed by atoms with Crippen molar-refractivity contribution in [1.29, 1.82) is 0 Å². The molecule has 0 spiro atoms. The molecule has 1 aromatic heterocycles.